The van der Waals surface area contributed by atoms with Crippen LogP contribution in [-0.2, 0) is 0 Å². The number of nitrogens with zero attached hydrogens (tertiary/aromatic N) is 4. The molecule has 4 N–H and O–H groups in total. The van der Waals surface area contributed by atoms with Crippen molar-refractivity contribution in [2.24, 2.45) is 10.2 Å². The van der Waals surface area contributed by atoms with Gasteiger partial charge in [0, 0.05) is 26.2 Å². The van der Waals surface area contributed by atoms with Crippen molar-refractivity contribution in [1.82, 2.24) is 31.3 Å². The van der Waals surface area contributed by atoms with Crippen LogP contribution < -0.4 is 21.5 Å². The summed E-state index contributed by atoms with van der Waals surface area (Å²) in [5.74, 6) is 0. The van der Waals surface area contributed by atoms with E-state index >= 15 is 0 Å². The highest BCUT2D eigenvalue weighted by atomic mass is 32.1. The van der Waals surface area contributed by atoms with E-state index in [-0.39, 0.29) is 0 Å². The Kier molecular flexibility index (Phi) is 15.8. The van der Waals surface area contributed by atoms with Crippen LogP contribution >= 0.6 is 24.4 Å². The SMILES string of the molecule is CCN(CC)CCNC(=S)N/N=C(C)\C(C)=N/NC(=S)NCCN(CC)CC. The number of thiocarbonyl (C=S) groups is 2. The van der Waals surface area contributed by atoms with Crippen molar-refractivity contribution >= 4 is 46.1 Å². The molecule has 0 aromatic carbocycles. The molecule has 0 rings (SSSR count). The fraction of sp³-hybridized carbons (Fsp3) is 0.778. The largest absolute Gasteiger partial charge is 0.360 e. The first kappa shape index (κ1) is 26.6. The van der Waals surface area contributed by atoms with Crippen LogP contribution in [0, 0.1) is 0 Å². The molecule has 0 fully saturated rings. The van der Waals surface area contributed by atoms with Gasteiger partial charge in [-0.2, -0.15) is 10.2 Å². The summed E-state index contributed by atoms with van der Waals surface area (Å²) >= 11 is 10.5. The molecule has 28 heavy (non-hydrogen) atoms. The molecule has 162 valence electrons. The van der Waals surface area contributed by atoms with Gasteiger partial charge in [-0.05, 0) is 64.5 Å². The number of nitrogens with one attached hydrogen (secondary N) is 4. The molecule has 0 aliphatic heterocycles. The summed E-state index contributed by atoms with van der Waals surface area (Å²) in [5, 5.41) is 15.8. The lowest BCUT2D eigenvalue weighted by atomic mass is 10.3. The smallest absolute Gasteiger partial charge is 0.187 e. The molecule has 0 bridgehead atoms. The molecular formula is C18H38N8S2. The predicted molar refractivity (Wildman–Crippen MR) is 129 cm³/mol. The van der Waals surface area contributed by atoms with Crippen molar-refractivity contribution in [3.8, 4) is 0 Å². The molecule has 0 aromatic rings. The Hall–Kier alpha value is -1.36. The van der Waals surface area contributed by atoms with Crippen molar-refractivity contribution in [1.29, 1.82) is 0 Å². The highest BCUT2D eigenvalue weighted by Gasteiger charge is 2.02. The molecule has 0 aliphatic carbocycles. The Morgan fingerprint density at radius 3 is 1.29 bits per heavy atom. The van der Waals surface area contributed by atoms with Gasteiger partial charge in [-0.3, -0.25) is 10.9 Å². The molecule has 0 spiro atoms. The molecule has 8 nitrogen and oxygen atoms in total. The molecule has 0 amide bonds. The zero-order chi connectivity index (χ0) is 21.4. The van der Waals surface area contributed by atoms with Crippen LogP contribution in [0.25, 0.3) is 0 Å². The molecule has 0 radical (unpaired) electrons. The van der Waals surface area contributed by atoms with Gasteiger partial charge in [0.15, 0.2) is 10.2 Å². The summed E-state index contributed by atoms with van der Waals surface area (Å²) < 4.78 is 0. The normalized spacial score (nSPS) is 12.3. The van der Waals surface area contributed by atoms with Gasteiger partial charge in [-0.25, -0.2) is 0 Å². The fourth-order valence-electron chi connectivity index (χ4n) is 2.24. The van der Waals surface area contributed by atoms with Gasteiger partial charge in [0.2, 0.25) is 0 Å². The third-order valence-electron chi connectivity index (χ3n) is 4.39. The first-order valence-corrected chi connectivity index (χ1v) is 10.8. The Balaban J connectivity index is 4.20. The van der Waals surface area contributed by atoms with Gasteiger partial charge < -0.3 is 20.4 Å². The second-order valence-electron chi connectivity index (χ2n) is 6.18. The summed E-state index contributed by atoms with van der Waals surface area (Å²) in [7, 11) is 0. The Morgan fingerprint density at radius 1 is 0.679 bits per heavy atom. The lowest BCUT2D eigenvalue weighted by molar-refractivity contribution is 0.308. The predicted octanol–water partition coefficient (Wildman–Crippen LogP) is 1.35. The summed E-state index contributed by atoms with van der Waals surface area (Å²) in [5.41, 5.74) is 7.15. The Bertz CT molecular complexity index is 468. The first-order valence-electron chi connectivity index (χ1n) is 9.99. The van der Waals surface area contributed by atoms with Crippen molar-refractivity contribution in [3.63, 3.8) is 0 Å². The standard InChI is InChI=1S/C18H38N8S2/c1-7-25(8-2)13-11-19-17(27)23-21-15(5)16(6)22-24-18(28)20-12-14-26(9-3)10-4/h7-14H2,1-6H3,(H2,19,23,27)(H2,20,24,28)/b21-15-,22-16-. The Morgan fingerprint density at radius 2 is 1.00 bits per heavy atom. The topological polar surface area (TPSA) is 79.3 Å². The van der Waals surface area contributed by atoms with Crippen LogP contribution in [0.5, 0.6) is 0 Å². The molecule has 0 aromatic heterocycles. The van der Waals surface area contributed by atoms with Crippen molar-refractivity contribution < 1.29 is 0 Å². The summed E-state index contributed by atoms with van der Waals surface area (Å²) in [6.45, 7) is 19.9. The van der Waals surface area contributed by atoms with E-state index in [0.717, 1.165) is 63.8 Å². The first-order chi connectivity index (χ1) is 13.4. The third kappa shape index (κ3) is 12.9. The summed E-state index contributed by atoms with van der Waals surface area (Å²) in [6.07, 6.45) is 0. The lowest BCUT2D eigenvalue weighted by Crippen LogP contribution is -2.39. The summed E-state index contributed by atoms with van der Waals surface area (Å²) in [6, 6.07) is 0. The molecule has 0 unspecified atom stereocenters. The monoisotopic (exact) mass is 430 g/mol. The molecular weight excluding hydrogens is 392 g/mol. The quantitative estimate of drug-likeness (QED) is 0.198. The maximum Gasteiger partial charge on any atom is 0.187 e. The number of hydrogen-bond donors (Lipinski definition) is 4. The fourth-order valence-corrected chi connectivity index (χ4v) is 2.54. The molecule has 0 saturated heterocycles. The van der Waals surface area contributed by atoms with Gasteiger partial charge in [0.1, 0.15) is 0 Å². The van der Waals surface area contributed by atoms with Gasteiger partial charge in [0.25, 0.3) is 0 Å². The van der Waals surface area contributed by atoms with Crippen LogP contribution in [0.15, 0.2) is 10.2 Å². The second kappa shape index (κ2) is 16.6. The minimum atomic E-state index is 0.501. The minimum Gasteiger partial charge on any atom is -0.360 e. The number of hydrazone groups is 2. The van der Waals surface area contributed by atoms with E-state index in [1.807, 2.05) is 13.8 Å². The lowest BCUT2D eigenvalue weighted by Gasteiger charge is -2.18. The van der Waals surface area contributed by atoms with Gasteiger partial charge in [0.05, 0.1) is 11.4 Å². The number of rotatable bonds is 13. The van der Waals surface area contributed by atoms with Crippen molar-refractivity contribution in [2.75, 3.05) is 52.4 Å². The average molecular weight is 431 g/mol. The van der Waals surface area contributed by atoms with Crippen LogP contribution in [0.4, 0.5) is 0 Å². The van der Waals surface area contributed by atoms with E-state index in [0.29, 0.717) is 10.2 Å². The van der Waals surface area contributed by atoms with E-state index in [4.69, 9.17) is 24.4 Å². The maximum atomic E-state index is 5.24. The zero-order valence-corrected chi connectivity index (χ0v) is 19.9. The number of likely N-dealkylation sites (N-methyl/N-ethyl adjacent to an activating group) is 2. The van der Waals surface area contributed by atoms with Crippen molar-refractivity contribution in [2.45, 2.75) is 41.5 Å². The highest BCUT2D eigenvalue weighted by Crippen LogP contribution is 1.86. The molecule has 0 atom stereocenters. The average Bonchev–Trinajstić information content (AvgIpc) is 2.70. The summed E-state index contributed by atoms with van der Waals surface area (Å²) in [4.78, 5) is 4.65. The highest BCUT2D eigenvalue weighted by molar-refractivity contribution is 7.80. The Labute approximate surface area is 181 Å². The van der Waals surface area contributed by atoms with E-state index < -0.39 is 0 Å². The van der Waals surface area contributed by atoms with Gasteiger partial charge in [-0.1, -0.05) is 27.7 Å². The molecule has 0 saturated carbocycles. The molecule has 0 heterocycles. The van der Waals surface area contributed by atoms with Gasteiger partial charge >= 0.3 is 0 Å². The van der Waals surface area contributed by atoms with E-state index in [9.17, 15) is 0 Å². The van der Waals surface area contributed by atoms with Gasteiger partial charge in [-0.15, -0.1) is 0 Å². The van der Waals surface area contributed by atoms with Crippen molar-refractivity contribution in [3.05, 3.63) is 0 Å². The molecule has 0 aliphatic rings. The van der Waals surface area contributed by atoms with E-state index in [2.05, 4.69) is 69.2 Å². The van der Waals surface area contributed by atoms with Crippen LogP contribution in [0.1, 0.15) is 41.5 Å². The zero-order valence-electron chi connectivity index (χ0n) is 18.3. The maximum absolute atomic E-state index is 5.24. The van der Waals surface area contributed by atoms with Crippen LogP contribution in [0.2, 0.25) is 0 Å². The van der Waals surface area contributed by atoms with Crippen LogP contribution in [-0.4, -0.2) is 83.8 Å². The van der Waals surface area contributed by atoms with E-state index in [1.54, 1.807) is 0 Å². The minimum absolute atomic E-state index is 0.501. The van der Waals surface area contributed by atoms with Crippen LogP contribution in [0.3, 0.4) is 0 Å². The third-order valence-corrected chi connectivity index (χ3v) is 4.86. The molecule has 10 heteroatoms. The van der Waals surface area contributed by atoms with E-state index in [1.165, 1.54) is 0 Å². The number of hydrogen-bond acceptors (Lipinski definition) is 6. The second-order valence-corrected chi connectivity index (χ2v) is 7.00.